The lowest BCUT2D eigenvalue weighted by molar-refractivity contribution is 0.0342. The summed E-state index contributed by atoms with van der Waals surface area (Å²) in [5, 5.41) is 2.86. The molecule has 2 saturated heterocycles. The average Bonchev–Trinajstić information content (AvgIpc) is 3.00. The van der Waals surface area contributed by atoms with Gasteiger partial charge in [-0.1, -0.05) is 24.3 Å². The van der Waals surface area contributed by atoms with Crippen LogP contribution in [0.25, 0.3) is 11.1 Å². The van der Waals surface area contributed by atoms with Gasteiger partial charge in [-0.3, -0.25) is 14.5 Å². The number of aromatic nitrogens is 1. The van der Waals surface area contributed by atoms with Crippen LogP contribution >= 0.6 is 11.8 Å². The first-order valence-electron chi connectivity index (χ1n) is 15.3. The van der Waals surface area contributed by atoms with E-state index in [0.29, 0.717) is 22.7 Å². The summed E-state index contributed by atoms with van der Waals surface area (Å²) in [5.41, 5.74) is 5.63. The Morgan fingerprint density at radius 3 is 2.47 bits per heavy atom. The molecule has 9 heteroatoms. The number of H-pyrrole nitrogens is 1. The second-order valence-corrected chi connectivity index (χ2v) is 12.8. The van der Waals surface area contributed by atoms with E-state index in [4.69, 9.17) is 4.74 Å². The number of halogens is 1. The van der Waals surface area contributed by atoms with Crippen molar-refractivity contribution in [3.05, 3.63) is 86.1 Å². The molecule has 1 amide bonds. The van der Waals surface area contributed by atoms with Crippen LogP contribution in [0.5, 0.6) is 0 Å². The highest BCUT2D eigenvalue weighted by Gasteiger charge is 2.28. The van der Waals surface area contributed by atoms with Gasteiger partial charge in [0.15, 0.2) is 0 Å². The van der Waals surface area contributed by atoms with E-state index in [2.05, 4.69) is 27.0 Å². The number of aromatic amines is 1. The fraction of sp³-hybridized carbons (Fsp3) is 0.471. The predicted octanol–water partition coefficient (Wildman–Crippen LogP) is 5.59. The Labute approximate surface area is 258 Å². The van der Waals surface area contributed by atoms with Gasteiger partial charge in [0.2, 0.25) is 0 Å². The average molecular weight is 607 g/mol. The lowest BCUT2D eigenvalue weighted by Crippen LogP contribution is -2.39. The summed E-state index contributed by atoms with van der Waals surface area (Å²) < 4.78 is 22.0. The Morgan fingerprint density at radius 2 is 1.81 bits per heavy atom. The molecule has 0 aliphatic carbocycles. The van der Waals surface area contributed by atoms with Crippen LogP contribution in [0.15, 0.2) is 41.2 Å². The van der Waals surface area contributed by atoms with E-state index in [1.807, 2.05) is 68.9 Å². The zero-order chi connectivity index (χ0) is 30.5. The van der Waals surface area contributed by atoms with Crippen molar-refractivity contribution >= 4 is 23.4 Å². The first-order chi connectivity index (χ1) is 20.8. The van der Waals surface area contributed by atoms with E-state index in [1.54, 1.807) is 0 Å². The number of aryl methyl sites for hydroxylation is 2. The molecule has 0 bridgehead atoms. The van der Waals surface area contributed by atoms with Gasteiger partial charge in [-0.2, -0.15) is 11.8 Å². The first kappa shape index (κ1) is 31.3. The Morgan fingerprint density at radius 1 is 1.12 bits per heavy atom. The lowest BCUT2D eigenvalue weighted by Gasteiger charge is -2.37. The molecule has 2 aliphatic heterocycles. The molecule has 0 unspecified atom stereocenters. The van der Waals surface area contributed by atoms with Crippen molar-refractivity contribution in [3.63, 3.8) is 0 Å². The summed E-state index contributed by atoms with van der Waals surface area (Å²) in [6.45, 7) is 12.5. The number of thioether (sulfide) groups is 1. The SMILES string of the molecule is CCN(c1cc(-c2ccc(CN3CCOCC3)cc2)c(F)c(C(=O)NCc2c(C)cc(C)[nH]c2=O)c1C)C1CCSCC1. The van der Waals surface area contributed by atoms with Crippen LogP contribution in [0.3, 0.4) is 0 Å². The van der Waals surface area contributed by atoms with Crippen LogP contribution in [0.2, 0.25) is 0 Å². The molecule has 2 aliphatic rings. The smallest absolute Gasteiger partial charge is 0.254 e. The van der Waals surface area contributed by atoms with E-state index in [-0.39, 0.29) is 17.7 Å². The fourth-order valence-corrected chi connectivity index (χ4v) is 7.38. The van der Waals surface area contributed by atoms with Gasteiger partial charge in [0.05, 0.1) is 18.8 Å². The van der Waals surface area contributed by atoms with Crippen molar-refractivity contribution in [3.8, 4) is 11.1 Å². The Kier molecular flexibility index (Phi) is 10.3. The Balaban J connectivity index is 1.51. The second kappa shape index (κ2) is 14.1. The number of amides is 1. The van der Waals surface area contributed by atoms with Crippen molar-refractivity contribution in [1.82, 2.24) is 15.2 Å². The maximum Gasteiger partial charge on any atom is 0.254 e. The minimum absolute atomic E-state index is 0.0201. The van der Waals surface area contributed by atoms with Gasteiger partial charge >= 0.3 is 0 Å². The van der Waals surface area contributed by atoms with Crippen molar-refractivity contribution in [2.75, 3.05) is 49.3 Å². The quantitative estimate of drug-likeness (QED) is 0.331. The summed E-state index contributed by atoms with van der Waals surface area (Å²) in [6.07, 6.45) is 2.11. The predicted molar refractivity (Wildman–Crippen MR) is 174 cm³/mol. The summed E-state index contributed by atoms with van der Waals surface area (Å²) >= 11 is 1.97. The van der Waals surface area contributed by atoms with Gasteiger partial charge in [-0.15, -0.1) is 0 Å². The highest BCUT2D eigenvalue weighted by Crippen LogP contribution is 2.37. The van der Waals surface area contributed by atoms with Crippen molar-refractivity contribution in [1.29, 1.82) is 0 Å². The van der Waals surface area contributed by atoms with E-state index < -0.39 is 11.7 Å². The molecule has 5 rings (SSSR count). The minimum Gasteiger partial charge on any atom is -0.379 e. The molecule has 0 atom stereocenters. The van der Waals surface area contributed by atoms with Gasteiger partial charge in [0.1, 0.15) is 5.82 Å². The second-order valence-electron chi connectivity index (χ2n) is 11.6. The largest absolute Gasteiger partial charge is 0.379 e. The monoisotopic (exact) mass is 606 g/mol. The van der Waals surface area contributed by atoms with Gasteiger partial charge < -0.3 is 19.9 Å². The van der Waals surface area contributed by atoms with Crippen LogP contribution in [0, 0.1) is 26.6 Å². The molecule has 3 heterocycles. The third-order valence-electron chi connectivity index (χ3n) is 8.70. The molecular weight excluding hydrogens is 563 g/mol. The maximum absolute atomic E-state index is 16.5. The van der Waals surface area contributed by atoms with Crippen molar-refractivity contribution < 1.29 is 13.9 Å². The van der Waals surface area contributed by atoms with E-state index in [1.165, 1.54) is 0 Å². The number of rotatable bonds is 9. The number of benzene rings is 2. The number of morpholine rings is 1. The summed E-state index contributed by atoms with van der Waals surface area (Å²) in [7, 11) is 0. The molecule has 0 spiro atoms. The third-order valence-corrected chi connectivity index (χ3v) is 9.75. The number of hydrogen-bond acceptors (Lipinski definition) is 6. The van der Waals surface area contributed by atoms with Crippen LogP contribution in [0.4, 0.5) is 10.1 Å². The first-order valence-corrected chi connectivity index (χ1v) is 16.5. The van der Waals surface area contributed by atoms with Crippen LogP contribution in [-0.2, 0) is 17.8 Å². The minimum atomic E-state index is -0.538. The van der Waals surface area contributed by atoms with E-state index in [9.17, 15) is 9.59 Å². The molecule has 2 aromatic carbocycles. The van der Waals surface area contributed by atoms with Crippen LogP contribution in [-0.4, -0.2) is 66.2 Å². The van der Waals surface area contributed by atoms with Crippen molar-refractivity contribution in [2.24, 2.45) is 0 Å². The standard InChI is InChI=1S/C34H43FN4O3S/c1-5-39(27-10-16-43-17-11-27)30-19-28(26-8-6-25(7-9-26)21-38-12-14-42-15-13-38)32(35)31(24(30)4)34(41)36-20-29-22(2)18-23(3)37-33(29)40/h6-9,18-19,27H,5,10-17,20-21H2,1-4H3,(H,36,41)(H,37,40). The van der Waals surface area contributed by atoms with E-state index in [0.717, 1.165) is 91.8 Å². The van der Waals surface area contributed by atoms with Gasteiger partial charge in [-0.25, -0.2) is 4.39 Å². The Hall–Kier alpha value is -3.14. The summed E-state index contributed by atoms with van der Waals surface area (Å²) in [6, 6.07) is 12.1. The molecule has 0 saturated carbocycles. The van der Waals surface area contributed by atoms with Crippen LogP contribution in [0.1, 0.15) is 58.1 Å². The highest BCUT2D eigenvalue weighted by molar-refractivity contribution is 7.99. The molecule has 1 aromatic heterocycles. The molecule has 230 valence electrons. The summed E-state index contributed by atoms with van der Waals surface area (Å²) in [4.78, 5) is 33.8. The van der Waals surface area contributed by atoms with Gasteiger partial charge in [0.25, 0.3) is 11.5 Å². The third kappa shape index (κ3) is 7.16. The maximum atomic E-state index is 16.5. The molecular formula is C34H43FN4O3S. The number of pyridine rings is 1. The molecule has 7 nitrogen and oxygen atoms in total. The van der Waals surface area contributed by atoms with Crippen LogP contribution < -0.4 is 15.8 Å². The zero-order valence-corrected chi connectivity index (χ0v) is 26.5. The number of hydrogen-bond donors (Lipinski definition) is 2. The molecule has 0 radical (unpaired) electrons. The highest BCUT2D eigenvalue weighted by atomic mass is 32.2. The van der Waals surface area contributed by atoms with Gasteiger partial charge in [0, 0.05) is 61.3 Å². The molecule has 2 N–H and O–H groups in total. The number of anilines is 1. The summed E-state index contributed by atoms with van der Waals surface area (Å²) in [5.74, 6) is 1.13. The number of nitrogens with one attached hydrogen (secondary N) is 2. The van der Waals surface area contributed by atoms with E-state index >= 15 is 4.39 Å². The number of carbonyl (C=O) groups excluding carboxylic acids is 1. The topological polar surface area (TPSA) is 77.7 Å². The number of nitrogens with zero attached hydrogens (tertiary/aromatic N) is 2. The number of carbonyl (C=O) groups is 1. The lowest BCUT2D eigenvalue weighted by atomic mass is 9.94. The molecule has 43 heavy (non-hydrogen) atoms. The normalized spacial score (nSPS) is 16.3. The number of ether oxygens (including phenoxy) is 1. The fourth-order valence-electron chi connectivity index (χ4n) is 6.30. The van der Waals surface area contributed by atoms with Gasteiger partial charge in [-0.05, 0) is 86.4 Å². The molecule has 2 fully saturated rings. The molecule has 3 aromatic rings. The zero-order valence-electron chi connectivity index (χ0n) is 25.7. The van der Waals surface area contributed by atoms with Crippen molar-refractivity contribution in [2.45, 2.75) is 59.7 Å². The Bertz CT molecular complexity index is 1490.